The smallest absolute Gasteiger partial charge is 0.340 e. The molecule has 1 saturated heterocycles. The van der Waals surface area contributed by atoms with Crippen molar-refractivity contribution in [1.82, 2.24) is 15.2 Å². The van der Waals surface area contributed by atoms with Crippen molar-refractivity contribution in [2.45, 2.75) is 38.6 Å². The normalized spacial score (nSPS) is 14.9. The van der Waals surface area contributed by atoms with Gasteiger partial charge in [-0.25, -0.2) is 4.79 Å². The van der Waals surface area contributed by atoms with Crippen LogP contribution in [-0.4, -0.2) is 66.0 Å². The van der Waals surface area contributed by atoms with Gasteiger partial charge in [-0.15, -0.1) is 16.5 Å². The first-order valence-electron chi connectivity index (χ1n) is 8.63. The minimum absolute atomic E-state index is 0.130. The Morgan fingerprint density at radius 1 is 1.22 bits per heavy atom. The molecule has 0 atom stereocenters. The molecule has 1 rings (SSSR count). The number of piperidine rings is 1. The fourth-order valence-corrected chi connectivity index (χ4v) is 2.49. The number of carbonyl (C=O) groups is 3. The average Bonchev–Trinajstić information content (AvgIpc) is 2.64. The van der Waals surface area contributed by atoms with Crippen molar-refractivity contribution in [2.75, 3.05) is 32.1 Å². The molecule has 1 N–H and O–H groups in total. The van der Waals surface area contributed by atoms with Gasteiger partial charge in [0.25, 0.3) is 0 Å². The summed E-state index contributed by atoms with van der Waals surface area (Å²) in [6.07, 6.45) is 5.03. The summed E-state index contributed by atoms with van der Waals surface area (Å²) in [6, 6.07) is -0.312. The van der Waals surface area contributed by atoms with E-state index in [-0.39, 0.29) is 18.5 Å². The number of nitroso groups, excluding NO2 is 1. The molecule has 0 bridgehead atoms. The number of halogens is 1. The minimum atomic E-state index is -1.55. The fraction of sp³-hybridized carbons (Fsp3) is 0.688. The first kappa shape index (κ1) is 24.8. The zero-order chi connectivity index (χ0) is 20.7. The second-order valence-electron chi connectivity index (χ2n) is 5.78. The minimum Gasteiger partial charge on any atom is -0.545 e. The molecule has 1 fully saturated rings. The standard InChI is InChI=1S/C12H23ClN4O2.C4H4O4/c1-2-3-7-16-8-4-11(5-9-16)14-12(18)17(15-19)10-6-13;5-3(6)1-2-4(7)8/h11H,2-10H2,1H3,(H,14,18);1-2H,(H,5,6)(H,7,8)/p-2/b;2-1+. The molecule has 0 spiro atoms. The van der Waals surface area contributed by atoms with Crippen LogP contribution < -0.4 is 15.5 Å². The van der Waals surface area contributed by atoms with Crippen molar-refractivity contribution in [1.29, 1.82) is 0 Å². The maximum absolute atomic E-state index is 11.7. The molecule has 0 radical (unpaired) electrons. The van der Waals surface area contributed by atoms with E-state index in [4.69, 9.17) is 11.6 Å². The van der Waals surface area contributed by atoms with Gasteiger partial charge in [0.15, 0.2) is 0 Å². The quantitative estimate of drug-likeness (QED) is 0.229. The molecular formula is C16H25ClN4O6-2. The van der Waals surface area contributed by atoms with E-state index in [9.17, 15) is 29.5 Å². The Morgan fingerprint density at radius 2 is 1.78 bits per heavy atom. The van der Waals surface area contributed by atoms with Crippen LogP contribution in [0.2, 0.25) is 0 Å². The summed E-state index contributed by atoms with van der Waals surface area (Å²) in [5.41, 5.74) is 0. The first-order valence-corrected chi connectivity index (χ1v) is 9.17. The van der Waals surface area contributed by atoms with Gasteiger partial charge in [0, 0.05) is 25.0 Å². The molecule has 0 aromatic heterocycles. The number of carboxylic acids is 2. The summed E-state index contributed by atoms with van der Waals surface area (Å²) < 4.78 is 0. The highest BCUT2D eigenvalue weighted by atomic mass is 35.5. The van der Waals surface area contributed by atoms with Crippen LogP contribution in [0.15, 0.2) is 17.4 Å². The predicted molar refractivity (Wildman–Crippen MR) is 95.3 cm³/mol. The molecular weight excluding hydrogens is 380 g/mol. The van der Waals surface area contributed by atoms with Crippen molar-refractivity contribution in [2.24, 2.45) is 5.29 Å². The Kier molecular flexibility index (Phi) is 13.7. The lowest BCUT2D eigenvalue weighted by atomic mass is 10.0. The molecule has 1 aliphatic heterocycles. The number of hydrogen-bond donors (Lipinski definition) is 1. The number of urea groups is 1. The number of nitrogens with one attached hydrogen (secondary N) is 1. The molecule has 0 saturated carbocycles. The van der Waals surface area contributed by atoms with Crippen LogP contribution in [0.4, 0.5) is 4.79 Å². The van der Waals surface area contributed by atoms with Crippen LogP contribution >= 0.6 is 11.6 Å². The van der Waals surface area contributed by atoms with Crippen LogP contribution in [0.1, 0.15) is 32.6 Å². The van der Waals surface area contributed by atoms with Gasteiger partial charge in [-0.1, -0.05) is 13.3 Å². The second kappa shape index (κ2) is 14.9. The fourth-order valence-electron chi connectivity index (χ4n) is 2.33. The van der Waals surface area contributed by atoms with E-state index in [1.807, 2.05) is 0 Å². The SMILES string of the molecule is CCCCN1CCC(NC(=O)N(CCCl)N=O)CC1.O=C([O-])/C=C/C(=O)[O-]. The van der Waals surface area contributed by atoms with Gasteiger partial charge < -0.3 is 30.0 Å². The summed E-state index contributed by atoms with van der Waals surface area (Å²) in [4.78, 5) is 43.5. The largest absolute Gasteiger partial charge is 0.545 e. The second-order valence-corrected chi connectivity index (χ2v) is 6.16. The predicted octanol–water partition coefficient (Wildman–Crippen LogP) is -0.775. The number of carbonyl (C=O) groups excluding carboxylic acids is 3. The monoisotopic (exact) mass is 404 g/mol. The number of rotatable bonds is 9. The van der Waals surface area contributed by atoms with Crippen molar-refractivity contribution in [3.8, 4) is 0 Å². The Morgan fingerprint density at radius 3 is 2.19 bits per heavy atom. The maximum atomic E-state index is 11.7. The zero-order valence-electron chi connectivity index (χ0n) is 15.3. The van der Waals surface area contributed by atoms with E-state index in [2.05, 4.69) is 22.4 Å². The van der Waals surface area contributed by atoms with E-state index in [1.165, 1.54) is 12.8 Å². The average molecular weight is 405 g/mol. The van der Waals surface area contributed by atoms with E-state index >= 15 is 0 Å². The highest BCUT2D eigenvalue weighted by Crippen LogP contribution is 2.11. The number of likely N-dealkylation sites (tertiary alicyclic amines) is 1. The van der Waals surface area contributed by atoms with Crippen LogP contribution in [0.3, 0.4) is 0 Å². The molecule has 0 aromatic rings. The summed E-state index contributed by atoms with van der Waals surface area (Å²) in [6.45, 7) is 5.45. The summed E-state index contributed by atoms with van der Waals surface area (Å²) >= 11 is 5.50. The van der Waals surface area contributed by atoms with Crippen molar-refractivity contribution in [3.63, 3.8) is 0 Å². The first-order chi connectivity index (χ1) is 12.8. The third-order valence-corrected chi connectivity index (χ3v) is 3.90. The van der Waals surface area contributed by atoms with Gasteiger partial charge in [-0.3, -0.25) is 0 Å². The lowest BCUT2D eigenvalue weighted by molar-refractivity contribution is -0.301. The Balaban J connectivity index is 0.000000713. The van der Waals surface area contributed by atoms with Crippen LogP contribution in [0.25, 0.3) is 0 Å². The molecule has 154 valence electrons. The number of alkyl halides is 1. The summed E-state index contributed by atoms with van der Waals surface area (Å²) in [5.74, 6) is -2.89. The Labute approximate surface area is 163 Å². The van der Waals surface area contributed by atoms with E-state index in [0.717, 1.165) is 37.5 Å². The Bertz CT molecular complexity index is 493. The van der Waals surface area contributed by atoms with Gasteiger partial charge in [0.2, 0.25) is 0 Å². The topological polar surface area (TPSA) is 145 Å². The van der Waals surface area contributed by atoms with E-state index in [1.54, 1.807) is 0 Å². The number of carboxylic acid groups (broad SMARTS) is 2. The van der Waals surface area contributed by atoms with Gasteiger partial charge in [-0.2, -0.15) is 5.01 Å². The molecule has 1 aliphatic rings. The number of nitrogens with zero attached hydrogens (tertiary/aromatic N) is 3. The van der Waals surface area contributed by atoms with Crippen molar-refractivity contribution in [3.05, 3.63) is 17.1 Å². The lowest BCUT2D eigenvalue weighted by Crippen LogP contribution is -2.48. The number of amides is 2. The molecule has 11 heteroatoms. The lowest BCUT2D eigenvalue weighted by Gasteiger charge is -2.32. The Hall–Kier alpha value is -2.20. The third-order valence-electron chi connectivity index (χ3n) is 3.73. The molecule has 2 amide bonds. The number of hydrogen-bond acceptors (Lipinski definition) is 8. The highest BCUT2D eigenvalue weighted by molar-refractivity contribution is 6.18. The zero-order valence-corrected chi connectivity index (χ0v) is 16.0. The molecule has 1 heterocycles. The van der Waals surface area contributed by atoms with Crippen molar-refractivity contribution < 1.29 is 24.6 Å². The van der Waals surface area contributed by atoms with Crippen molar-refractivity contribution >= 4 is 29.6 Å². The molecule has 0 aliphatic carbocycles. The third kappa shape index (κ3) is 12.7. The van der Waals surface area contributed by atoms with Gasteiger partial charge in [-0.05, 0) is 38.0 Å². The molecule has 0 aromatic carbocycles. The highest BCUT2D eigenvalue weighted by Gasteiger charge is 2.22. The maximum Gasteiger partial charge on any atom is 0.340 e. The van der Waals surface area contributed by atoms with Crippen LogP contribution in [0, 0.1) is 4.91 Å². The number of aliphatic carboxylic acids is 2. The van der Waals surface area contributed by atoms with E-state index < -0.39 is 18.0 Å². The summed E-state index contributed by atoms with van der Waals surface area (Å²) in [5, 5.41) is 25.2. The van der Waals surface area contributed by atoms with Gasteiger partial charge >= 0.3 is 6.03 Å². The van der Waals surface area contributed by atoms with Crippen LogP contribution in [0.5, 0.6) is 0 Å². The van der Waals surface area contributed by atoms with Crippen LogP contribution in [-0.2, 0) is 9.59 Å². The summed E-state index contributed by atoms with van der Waals surface area (Å²) in [7, 11) is 0. The molecule has 10 nitrogen and oxygen atoms in total. The van der Waals surface area contributed by atoms with E-state index in [0.29, 0.717) is 12.2 Å². The molecule has 27 heavy (non-hydrogen) atoms. The van der Waals surface area contributed by atoms with Gasteiger partial charge in [0.05, 0.1) is 23.8 Å². The molecule has 0 unspecified atom stereocenters. The number of unbranched alkanes of at least 4 members (excludes halogenated alkanes) is 1. The van der Waals surface area contributed by atoms with Gasteiger partial charge in [0.1, 0.15) is 0 Å².